The van der Waals surface area contributed by atoms with Gasteiger partial charge in [0.15, 0.2) is 0 Å². The standard InChI is InChI=1S/C9H9BFNO2/c1-12(2)8-4-6(10)7(11)3-5(8)9(13)14/h3-4H,1-2H3,(H,13,14). The number of aromatic carboxylic acids is 1. The van der Waals surface area contributed by atoms with Crippen LogP contribution in [0.3, 0.4) is 0 Å². The van der Waals surface area contributed by atoms with Crippen LogP contribution < -0.4 is 10.4 Å². The van der Waals surface area contributed by atoms with E-state index in [1.165, 1.54) is 6.07 Å². The molecule has 5 heteroatoms. The SMILES string of the molecule is [B]c1cc(N(C)C)c(C(=O)O)cc1F. The second-order valence-electron chi connectivity index (χ2n) is 3.09. The molecule has 1 aromatic carbocycles. The topological polar surface area (TPSA) is 40.5 Å². The molecule has 0 amide bonds. The van der Waals surface area contributed by atoms with Crippen molar-refractivity contribution in [2.24, 2.45) is 0 Å². The predicted molar refractivity (Wildman–Crippen MR) is 53.1 cm³/mol. The van der Waals surface area contributed by atoms with Gasteiger partial charge in [0, 0.05) is 14.1 Å². The number of hydrogen-bond donors (Lipinski definition) is 1. The Morgan fingerprint density at radius 1 is 1.50 bits per heavy atom. The molecule has 0 atom stereocenters. The van der Waals surface area contributed by atoms with Gasteiger partial charge in [-0.15, -0.1) is 0 Å². The van der Waals surface area contributed by atoms with E-state index in [0.29, 0.717) is 5.69 Å². The first-order valence-corrected chi connectivity index (χ1v) is 3.93. The average Bonchev–Trinajstić information content (AvgIpc) is 2.08. The third-order valence-electron chi connectivity index (χ3n) is 1.83. The number of nitrogens with zero attached hydrogens (tertiary/aromatic N) is 1. The summed E-state index contributed by atoms with van der Waals surface area (Å²) in [7, 11) is 8.66. The largest absolute Gasteiger partial charge is 0.478 e. The lowest BCUT2D eigenvalue weighted by Crippen LogP contribution is -2.19. The summed E-state index contributed by atoms with van der Waals surface area (Å²) < 4.78 is 13.0. The first-order chi connectivity index (χ1) is 6.43. The molecule has 0 aromatic heterocycles. The van der Waals surface area contributed by atoms with Crippen LogP contribution in [0.2, 0.25) is 0 Å². The average molecular weight is 193 g/mol. The highest BCUT2D eigenvalue weighted by Crippen LogP contribution is 2.17. The van der Waals surface area contributed by atoms with Crippen LogP contribution in [0.15, 0.2) is 12.1 Å². The summed E-state index contributed by atoms with van der Waals surface area (Å²) in [4.78, 5) is 12.3. The van der Waals surface area contributed by atoms with Crippen molar-refractivity contribution in [2.75, 3.05) is 19.0 Å². The number of hydrogen-bond acceptors (Lipinski definition) is 2. The molecule has 1 aromatic rings. The third kappa shape index (κ3) is 1.87. The van der Waals surface area contributed by atoms with E-state index in [4.69, 9.17) is 13.0 Å². The molecule has 14 heavy (non-hydrogen) atoms. The van der Waals surface area contributed by atoms with Gasteiger partial charge in [0.25, 0.3) is 0 Å². The Balaban J connectivity index is 3.39. The van der Waals surface area contributed by atoms with Crippen molar-refractivity contribution >= 4 is 25.0 Å². The molecule has 0 heterocycles. The van der Waals surface area contributed by atoms with E-state index in [-0.39, 0.29) is 11.0 Å². The van der Waals surface area contributed by atoms with Gasteiger partial charge in [0.2, 0.25) is 0 Å². The first kappa shape index (κ1) is 10.6. The Bertz CT molecular complexity index is 379. The number of carboxylic acids is 1. The molecule has 0 aliphatic carbocycles. The Hall–Kier alpha value is -1.52. The van der Waals surface area contributed by atoms with Crippen LogP contribution >= 0.6 is 0 Å². The van der Waals surface area contributed by atoms with E-state index in [2.05, 4.69) is 0 Å². The molecule has 1 rings (SSSR count). The fourth-order valence-corrected chi connectivity index (χ4v) is 1.12. The van der Waals surface area contributed by atoms with Crippen LogP contribution in [-0.2, 0) is 0 Å². The molecule has 0 aliphatic rings. The maximum atomic E-state index is 13.0. The fourth-order valence-electron chi connectivity index (χ4n) is 1.12. The Morgan fingerprint density at radius 3 is 2.50 bits per heavy atom. The highest BCUT2D eigenvalue weighted by Gasteiger charge is 2.14. The van der Waals surface area contributed by atoms with Crippen molar-refractivity contribution in [1.82, 2.24) is 0 Å². The van der Waals surface area contributed by atoms with Crippen LogP contribution in [-0.4, -0.2) is 33.0 Å². The minimum absolute atomic E-state index is 0.0568. The van der Waals surface area contributed by atoms with Gasteiger partial charge in [-0.05, 0) is 12.1 Å². The fraction of sp³-hybridized carbons (Fsp3) is 0.222. The molecular weight excluding hydrogens is 184 g/mol. The van der Waals surface area contributed by atoms with Crippen LogP contribution in [0.1, 0.15) is 10.4 Å². The minimum Gasteiger partial charge on any atom is -0.478 e. The zero-order valence-electron chi connectivity index (χ0n) is 7.91. The lowest BCUT2D eigenvalue weighted by atomic mass is 9.93. The predicted octanol–water partition coefficient (Wildman–Crippen LogP) is 0.384. The van der Waals surface area contributed by atoms with E-state index in [0.717, 1.165) is 6.07 Å². The smallest absolute Gasteiger partial charge is 0.337 e. The van der Waals surface area contributed by atoms with Crippen molar-refractivity contribution in [2.45, 2.75) is 0 Å². The third-order valence-corrected chi connectivity index (χ3v) is 1.83. The summed E-state index contributed by atoms with van der Waals surface area (Å²) in [5.74, 6) is -1.89. The Labute approximate surface area is 82.6 Å². The molecular formula is C9H9BFNO2. The van der Waals surface area contributed by atoms with Gasteiger partial charge < -0.3 is 10.0 Å². The highest BCUT2D eigenvalue weighted by molar-refractivity contribution is 6.33. The molecule has 0 unspecified atom stereocenters. The molecule has 0 aliphatic heterocycles. The zero-order valence-corrected chi connectivity index (χ0v) is 7.91. The molecule has 0 bridgehead atoms. The summed E-state index contributed by atoms with van der Waals surface area (Å²) in [6.07, 6.45) is 0. The molecule has 0 fully saturated rings. The van der Waals surface area contributed by atoms with Crippen molar-refractivity contribution in [1.29, 1.82) is 0 Å². The van der Waals surface area contributed by atoms with Crippen molar-refractivity contribution in [3.63, 3.8) is 0 Å². The molecule has 72 valence electrons. The number of anilines is 1. The van der Waals surface area contributed by atoms with Gasteiger partial charge in [-0.3, -0.25) is 0 Å². The van der Waals surface area contributed by atoms with Crippen LogP contribution in [0.25, 0.3) is 0 Å². The summed E-state index contributed by atoms with van der Waals surface area (Å²) in [6, 6.07) is 2.23. The molecule has 0 saturated carbocycles. The lowest BCUT2D eigenvalue weighted by Gasteiger charge is -2.16. The van der Waals surface area contributed by atoms with Crippen LogP contribution in [0.4, 0.5) is 10.1 Å². The second kappa shape index (κ2) is 3.70. The molecule has 2 radical (unpaired) electrons. The summed E-state index contributed by atoms with van der Waals surface area (Å²) >= 11 is 0. The number of carboxylic acid groups (broad SMARTS) is 1. The Kier molecular flexibility index (Phi) is 2.79. The van der Waals surface area contributed by atoms with Crippen molar-refractivity contribution < 1.29 is 14.3 Å². The number of halogens is 1. The van der Waals surface area contributed by atoms with E-state index in [1.807, 2.05) is 0 Å². The zero-order chi connectivity index (χ0) is 10.9. The quantitative estimate of drug-likeness (QED) is 0.690. The number of benzene rings is 1. The van der Waals surface area contributed by atoms with Crippen LogP contribution in [0.5, 0.6) is 0 Å². The molecule has 3 nitrogen and oxygen atoms in total. The van der Waals surface area contributed by atoms with Gasteiger partial charge in [0.1, 0.15) is 13.7 Å². The van der Waals surface area contributed by atoms with Crippen molar-refractivity contribution in [3.05, 3.63) is 23.5 Å². The van der Waals surface area contributed by atoms with E-state index in [1.54, 1.807) is 19.0 Å². The monoisotopic (exact) mass is 193 g/mol. The summed E-state index contributed by atoms with van der Waals surface area (Å²) in [5, 5.41) is 8.80. The van der Waals surface area contributed by atoms with E-state index < -0.39 is 11.8 Å². The highest BCUT2D eigenvalue weighted by atomic mass is 19.1. The van der Waals surface area contributed by atoms with Gasteiger partial charge in [-0.2, -0.15) is 0 Å². The van der Waals surface area contributed by atoms with Gasteiger partial charge >= 0.3 is 5.97 Å². The lowest BCUT2D eigenvalue weighted by molar-refractivity contribution is 0.0697. The molecule has 0 saturated heterocycles. The van der Waals surface area contributed by atoms with E-state index >= 15 is 0 Å². The second-order valence-corrected chi connectivity index (χ2v) is 3.09. The van der Waals surface area contributed by atoms with Gasteiger partial charge in [-0.1, -0.05) is 5.46 Å². The molecule has 0 spiro atoms. The maximum Gasteiger partial charge on any atom is 0.337 e. The summed E-state index contributed by atoms with van der Waals surface area (Å²) in [5.41, 5.74) is 0.233. The van der Waals surface area contributed by atoms with E-state index in [9.17, 15) is 9.18 Å². The maximum absolute atomic E-state index is 13.0. The van der Waals surface area contributed by atoms with Gasteiger partial charge in [-0.25, -0.2) is 9.18 Å². The normalized spacial score (nSPS) is 9.93. The van der Waals surface area contributed by atoms with Crippen molar-refractivity contribution in [3.8, 4) is 0 Å². The van der Waals surface area contributed by atoms with Crippen LogP contribution in [0, 0.1) is 5.82 Å². The first-order valence-electron chi connectivity index (χ1n) is 3.93. The minimum atomic E-state index is -1.17. The number of carbonyl (C=O) groups is 1. The van der Waals surface area contributed by atoms with Gasteiger partial charge in [0.05, 0.1) is 11.3 Å². The number of rotatable bonds is 2. The summed E-state index contributed by atoms with van der Waals surface area (Å²) in [6.45, 7) is 0. The molecule has 1 N–H and O–H groups in total. The Morgan fingerprint density at radius 2 is 2.07 bits per heavy atom.